The Morgan fingerprint density at radius 2 is 2.24 bits per heavy atom. The smallest absolute Gasteiger partial charge is 0.164 e. The monoisotopic (exact) mass is 295 g/mol. The van der Waals surface area contributed by atoms with E-state index in [0.717, 1.165) is 22.5 Å². The van der Waals surface area contributed by atoms with E-state index in [4.69, 9.17) is 0 Å². The summed E-state index contributed by atoms with van der Waals surface area (Å²) >= 11 is 3.36. The average molecular weight is 296 g/mol. The van der Waals surface area contributed by atoms with Gasteiger partial charge in [-0.05, 0) is 34.6 Å². The van der Waals surface area contributed by atoms with E-state index in [9.17, 15) is 0 Å². The van der Waals surface area contributed by atoms with Crippen molar-refractivity contribution in [2.45, 2.75) is 20.0 Å². The van der Waals surface area contributed by atoms with Crippen molar-refractivity contribution < 1.29 is 0 Å². The molecule has 5 nitrogen and oxygen atoms in total. The number of hydrogen-bond donors (Lipinski definition) is 1. The molecule has 0 fully saturated rings. The Morgan fingerprint density at radius 1 is 1.35 bits per heavy atom. The number of aromatic nitrogens is 4. The van der Waals surface area contributed by atoms with Gasteiger partial charge < -0.3 is 5.32 Å². The molecule has 0 aliphatic rings. The Balaban J connectivity index is 1.98. The van der Waals surface area contributed by atoms with Crippen LogP contribution in [0.1, 0.15) is 18.4 Å². The highest BCUT2D eigenvalue weighted by Crippen LogP contribution is 2.08. The van der Waals surface area contributed by atoms with Crippen LogP contribution in [-0.4, -0.2) is 26.3 Å². The fourth-order valence-corrected chi connectivity index (χ4v) is 1.63. The predicted octanol–water partition coefficient (Wildman–Crippen LogP) is 1.59. The molecule has 2 aromatic rings. The molecule has 90 valence electrons. The summed E-state index contributed by atoms with van der Waals surface area (Å²) in [5.74, 6) is 0.809. The first-order chi connectivity index (χ1) is 8.28. The van der Waals surface area contributed by atoms with Crippen molar-refractivity contribution >= 4 is 15.9 Å². The summed E-state index contributed by atoms with van der Waals surface area (Å²) < 4.78 is 2.77. The van der Waals surface area contributed by atoms with Gasteiger partial charge in [-0.2, -0.15) is 5.10 Å². The highest BCUT2D eigenvalue weighted by molar-refractivity contribution is 9.10. The van der Waals surface area contributed by atoms with E-state index in [0.29, 0.717) is 13.1 Å². The van der Waals surface area contributed by atoms with Gasteiger partial charge in [0.25, 0.3) is 0 Å². The lowest BCUT2D eigenvalue weighted by Crippen LogP contribution is -2.13. The zero-order valence-corrected chi connectivity index (χ0v) is 11.2. The van der Waals surface area contributed by atoms with Crippen LogP contribution in [0.4, 0.5) is 0 Å². The molecule has 0 atom stereocenters. The molecule has 0 aliphatic heterocycles. The SMILES string of the molecule is CCNCc1ncn(Cc2ccc(Br)cn2)n1. The van der Waals surface area contributed by atoms with E-state index in [1.165, 1.54) is 0 Å². The Morgan fingerprint density at radius 3 is 2.94 bits per heavy atom. The Hall–Kier alpha value is -1.27. The third-order valence-electron chi connectivity index (χ3n) is 2.23. The molecule has 0 amide bonds. The third kappa shape index (κ3) is 3.61. The van der Waals surface area contributed by atoms with Gasteiger partial charge in [0.2, 0.25) is 0 Å². The standard InChI is InChI=1S/C11H14BrN5/c1-2-13-6-11-15-8-17(16-11)7-10-4-3-9(12)5-14-10/h3-5,8,13H,2,6-7H2,1H3. The molecule has 0 spiro atoms. The van der Waals surface area contributed by atoms with Gasteiger partial charge >= 0.3 is 0 Å². The molecular formula is C11H14BrN5. The fraction of sp³-hybridized carbons (Fsp3) is 0.364. The molecule has 0 saturated heterocycles. The van der Waals surface area contributed by atoms with Gasteiger partial charge in [-0.25, -0.2) is 9.67 Å². The highest BCUT2D eigenvalue weighted by atomic mass is 79.9. The van der Waals surface area contributed by atoms with Gasteiger partial charge in [0.05, 0.1) is 18.8 Å². The van der Waals surface area contributed by atoms with E-state index in [1.54, 1.807) is 17.2 Å². The maximum absolute atomic E-state index is 4.36. The summed E-state index contributed by atoms with van der Waals surface area (Å²) in [7, 11) is 0. The summed E-state index contributed by atoms with van der Waals surface area (Å²) in [5.41, 5.74) is 0.966. The van der Waals surface area contributed by atoms with E-state index < -0.39 is 0 Å². The van der Waals surface area contributed by atoms with Crippen LogP contribution >= 0.6 is 15.9 Å². The number of pyridine rings is 1. The first kappa shape index (κ1) is 12.2. The summed E-state index contributed by atoms with van der Waals surface area (Å²) in [6.45, 7) is 4.33. The first-order valence-electron chi connectivity index (χ1n) is 5.47. The second-order valence-corrected chi connectivity index (χ2v) is 4.52. The second-order valence-electron chi connectivity index (χ2n) is 3.61. The molecule has 0 saturated carbocycles. The minimum atomic E-state index is 0.645. The Kier molecular flexibility index (Phi) is 4.22. The van der Waals surface area contributed by atoms with Crippen LogP contribution in [0.2, 0.25) is 0 Å². The molecule has 0 aromatic carbocycles. The van der Waals surface area contributed by atoms with Crippen LogP contribution in [0.25, 0.3) is 0 Å². The van der Waals surface area contributed by atoms with Gasteiger partial charge in [0, 0.05) is 10.7 Å². The largest absolute Gasteiger partial charge is 0.310 e. The quantitative estimate of drug-likeness (QED) is 0.910. The topological polar surface area (TPSA) is 55.6 Å². The zero-order chi connectivity index (χ0) is 12.1. The first-order valence-corrected chi connectivity index (χ1v) is 6.26. The van der Waals surface area contributed by atoms with Crippen molar-refractivity contribution in [2.75, 3.05) is 6.54 Å². The number of halogens is 1. The normalized spacial score (nSPS) is 10.7. The number of nitrogens with zero attached hydrogens (tertiary/aromatic N) is 4. The molecule has 17 heavy (non-hydrogen) atoms. The predicted molar refractivity (Wildman–Crippen MR) is 68.4 cm³/mol. The molecule has 2 heterocycles. The summed E-state index contributed by atoms with van der Waals surface area (Å²) in [6, 6.07) is 3.94. The molecule has 0 aliphatic carbocycles. The van der Waals surface area contributed by atoms with Crippen molar-refractivity contribution in [3.05, 3.63) is 40.6 Å². The maximum Gasteiger partial charge on any atom is 0.164 e. The molecular weight excluding hydrogens is 282 g/mol. The van der Waals surface area contributed by atoms with Crippen LogP contribution in [0.5, 0.6) is 0 Å². The second kappa shape index (κ2) is 5.88. The van der Waals surface area contributed by atoms with Crippen molar-refractivity contribution in [2.24, 2.45) is 0 Å². The molecule has 1 N–H and O–H groups in total. The van der Waals surface area contributed by atoms with Gasteiger partial charge in [0.1, 0.15) is 6.33 Å². The van der Waals surface area contributed by atoms with E-state index in [2.05, 4.69) is 43.2 Å². The zero-order valence-electron chi connectivity index (χ0n) is 9.60. The van der Waals surface area contributed by atoms with Gasteiger partial charge in [-0.1, -0.05) is 6.92 Å². The van der Waals surface area contributed by atoms with Gasteiger partial charge in [-0.3, -0.25) is 4.98 Å². The van der Waals surface area contributed by atoms with Crippen molar-refractivity contribution in [3.63, 3.8) is 0 Å². The number of rotatable bonds is 5. The van der Waals surface area contributed by atoms with Crippen molar-refractivity contribution in [3.8, 4) is 0 Å². The highest BCUT2D eigenvalue weighted by Gasteiger charge is 2.01. The van der Waals surface area contributed by atoms with Crippen LogP contribution in [0, 0.1) is 0 Å². The summed E-state index contributed by atoms with van der Waals surface area (Å²) in [5, 5.41) is 7.55. The Labute approximate surface area is 108 Å². The third-order valence-corrected chi connectivity index (χ3v) is 2.70. The minimum Gasteiger partial charge on any atom is -0.310 e. The molecule has 6 heteroatoms. The molecule has 2 aromatic heterocycles. The van der Waals surface area contributed by atoms with Crippen LogP contribution in [-0.2, 0) is 13.1 Å². The van der Waals surface area contributed by atoms with Gasteiger partial charge in [-0.15, -0.1) is 0 Å². The number of nitrogens with one attached hydrogen (secondary N) is 1. The minimum absolute atomic E-state index is 0.645. The molecule has 2 rings (SSSR count). The summed E-state index contributed by atoms with van der Waals surface area (Å²) in [4.78, 5) is 8.51. The lowest BCUT2D eigenvalue weighted by atomic mass is 10.3. The van der Waals surface area contributed by atoms with Crippen LogP contribution < -0.4 is 5.32 Å². The molecule has 0 unspecified atom stereocenters. The van der Waals surface area contributed by atoms with Crippen molar-refractivity contribution in [1.29, 1.82) is 0 Å². The fourth-order valence-electron chi connectivity index (χ4n) is 1.39. The molecule has 0 radical (unpaired) electrons. The van der Waals surface area contributed by atoms with E-state index >= 15 is 0 Å². The van der Waals surface area contributed by atoms with E-state index in [-0.39, 0.29) is 0 Å². The average Bonchev–Trinajstić information content (AvgIpc) is 2.77. The lowest BCUT2D eigenvalue weighted by Gasteiger charge is -2.00. The van der Waals surface area contributed by atoms with Gasteiger partial charge in [0.15, 0.2) is 5.82 Å². The number of hydrogen-bond acceptors (Lipinski definition) is 4. The molecule has 0 bridgehead atoms. The van der Waals surface area contributed by atoms with Crippen molar-refractivity contribution in [1.82, 2.24) is 25.1 Å². The van der Waals surface area contributed by atoms with Crippen LogP contribution in [0.3, 0.4) is 0 Å². The Bertz CT molecular complexity index is 465. The van der Waals surface area contributed by atoms with E-state index in [1.807, 2.05) is 12.1 Å². The maximum atomic E-state index is 4.36. The van der Waals surface area contributed by atoms with Crippen LogP contribution in [0.15, 0.2) is 29.1 Å². The summed E-state index contributed by atoms with van der Waals surface area (Å²) in [6.07, 6.45) is 3.52. The lowest BCUT2D eigenvalue weighted by molar-refractivity contribution is 0.635.